The molecule has 0 radical (unpaired) electrons. The first kappa shape index (κ1) is 47.3. The Morgan fingerprint density at radius 1 is 0.423 bits per heavy atom. The van der Waals surface area contributed by atoms with E-state index in [0.29, 0.717) is 0 Å². The monoisotopic (exact) mass is 1040 g/mol. The number of para-hydroxylation sites is 2. The van der Waals surface area contributed by atoms with Crippen LogP contribution in [-0.4, -0.2) is 11.3 Å². The molecule has 0 saturated heterocycles. The molecule has 3 nitrogen and oxygen atoms in total. The first-order valence-corrected chi connectivity index (χ1v) is 29.9. The van der Waals surface area contributed by atoms with Crippen LogP contribution >= 0.6 is 22.7 Å². The van der Waals surface area contributed by atoms with Gasteiger partial charge in [-0.2, -0.15) is 0 Å². The van der Waals surface area contributed by atoms with E-state index < -0.39 is 0 Å². The zero-order valence-electron chi connectivity index (χ0n) is 45.0. The van der Waals surface area contributed by atoms with Crippen LogP contribution in [-0.2, 0) is 18.3 Å². The molecular formula is C72H60BN3S2. The van der Waals surface area contributed by atoms with E-state index in [1.807, 2.05) is 22.7 Å². The molecule has 378 valence electrons. The van der Waals surface area contributed by atoms with Crippen molar-refractivity contribution in [3.8, 4) is 16.8 Å². The Morgan fingerprint density at radius 2 is 0.949 bits per heavy atom. The highest BCUT2D eigenvalue weighted by Gasteiger charge is 2.46. The van der Waals surface area contributed by atoms with Crippen molar-refractivity contribution in [1.82, 2.24) is 4.57 Å². The Hall–Kier alpha value is -7.90. The van der Waals surface area contributed by atoms with Gasteiger partial charge in [0.15, 0.2) is 0 Å². The molecule has 0 spiro atoms. The summed E-state index contributed by atoms with van der Waals surface area (Å²) in [4.78, 5) is 5.54. The summed E-state index contributed by atoms with van der Waals surface area (Å²) in [5.41, 5.74) is 21.7. The molecule has 0 amide bonds. The van der Waals surface area contributed by atoms with Crippen molar-refractivity contribution >= 4 is 142 Å². The van der Waals surface area contributed by atoms with Gasteiger partial charge >= 0.3 is 0 Å². The maximum atomic E-state index is 2.78. The Morgan fingerprint density at radius 3 is 1.51 bits per heavy atom. The average Bonchev–Trinajstić information content (AvgIpc) is 4.28. The molecule has 0 N–H and O–H groups in total. The van der Waals surface area contributed by atoms with Gasteiger partial charge in [-0.3, -0.25) is 0 Å². The summed E-state index contributed by atoms with van der Waals surface area (Å²) >= 11 is 3.85. The Kier molecular flexibility index (Phi) is 11.1. The number of unbranched alkanes of at least 4 members (excludes halogenated alkanes) is 2. The number of thiophene rings is 2. The topological polar surface area (TPSA) is 11.4 Å². The molecule has 0 bridgehead atoms. The van der Waals surface area contributed by atoms with E-state index in [1.54, 1.807) is 0 Å². The minimum atomic E-state index is -0.181. The molecule has 0 saturated carbocycles. The fraction of sp³-hybridized carbons (Fsp3) is 0.167. The third-order valence-electron chi connectivity index (χ3n) is 17.1. The molecule has 5 heterocycles. The van der Waals surface area contributed by atoms with Gasteiger partial charge in [-0.25, -0.2) is 0 Å². The summed E-state index contributed by atoms with van der Waals surface area (Å²) < 4.78 is 7.83. The minimum Gasteiger partial charge on any atom is -0.310 e. The van der Waals surface area contributed by atoms with Crippen molar-refractivity contribution in [1.29, 1.82) is 0 Å². The fourth-order valence-corrected chi connectivity index (χ4v) is 15.6. The molecule has 10 aromatic carbocycles. The molecule has 13 aromatic rings. The number of anilines is 6. The summed E-state index contributed by atoms with van der Waals surface area (Å²) in [6.45, 7) is 11.8. The molecule has 0 unspecified atom stereocenters. The Balaban J connectivity index is 1.12. The molecular weight excluding hydrogens is 982 g/mol. The van der Waals surface area contributed by atoms with Crippen molar-refractivity contribution in [3.05, 3.63) is 217 Å². The standard InChI is InChI=1S/C72H60BN3S2/c1-6-8-21-46-34-39-65-67(53-27-15-19-31-63(53)77-65)70(46)75-59-38-33-48(45-23-11-10-12-24-45)41-56(59)73-55-37-36-50(74-57-29-17-13-25-51(57)52-26-14-18-30-58(52)74)44-60(55)76(62-43-49(72(3,4)5)42-61(75)69(62)73)71-47(22-9-7-2)35-40-66-68(71)54-28-16-20-32-64(54)78-66/h10-20,23-44H,6-9,21-22H2,1-5H3. The van der Waals surface area contributed by atoms with E-state index in [-0.39, 0.29) is 12.1 Å². The highest BCUT2D eigenvalue weighted by molar-refractivity contribution is 7.26. The lowest BCUT2D eigenvalue weighted by Crippen LogP contribution is -2.61. The van der Waals surface area contributed by atoms with Gasteiger partial charge in [-0.1, -0.05) is 181 Å². The zero-order chi connectivity index (χ0) is 52.4. The van der Waals surface area contributed by atoms with E-state index in [9.17, 15) is 0 Å². The molecule has 15 rings (SSSR count). The largest absolute Gasteiger partial charge is 0.310 e. The van der Waals surface area contributed by atoms with Gasteiger partial charge in [0.05, 0.1) is 22.4 Å². The number of aromatic nitrogens is 1. The van der Waals surface area contributed by atoms with E-state index in [0.717, 1.165) is 44.2 Å². The molecule has 0 aliphatic carbocycles. The van der Waals surface area contributed by atoms with Crippen molar-refractivity contribution in [2.24, 2.45) is 0 Å². The summed E-state index contributed by atoms with van der Waals surface area (Å²) in [5, 5.41) is 7.90. The van der Waals surface area contributed by atoms with Gasteiger partial charge in [0, 0.05) is 79.6 Å². The lowest BCUT2D eigenvalue weighted by molar-refractivity contribution is 0.590. The van der Waals surface area contributed by atoms with Crippen LogP contribution in [0.2, 0.25) is 0 Å². The number of hydrogen-bond donors (Lipinski definition) is 0. The quantitative estimate of drug-likeness (QED) is 0.127. The zero-order valence-corrected chi connectivity index (χ0v) is 46.7. The van der Waals surface area contributed by atoms with Gasteiger partial charge in [0.2, 0.25) is 0 Å². The normalized spacial score (nSPS) is 13.2. The van der Waals surface area contributed by atoms with E-state index in [2.05, 4.69) is 249 Å². The second-order valence-corrected chi connectivity index (χ2v) is 25.0. The van der Waals surface area contributed by atoms with E-state index >= 15 is 0 Å². The highest BCUT2D eigenvalue weighted by Crippen LogP contribution is 2.54. The SMILES string of the molecule is CCCCc1ccc2sc3ccccc3c2c1N1c2ccc(-c3ccccc3)cc2B2c3ccc(-n4c5ccccc5c5ccccc54)cc3N(c3c(CCCC)ccc4sc5ccccc5c34)c3cc(C(C)(C)C)cc1c32. The predicted molar refractivity (Wildman–Crippen MR) is 342 cm³/mol. The first-order valence-electron chi connectivity index (χ1n) is 28.2. The molecule has 2 aliphatic heterocycles. The lowest BCUT2D eigenvalue weighted by atomic mass is 9.33. The maximum Gasteiger partial charge on any atom is 0.252 e. The summed E-state index contributed by atoms with van der Waals surface area (Å²) in [5.74, 6) is 0. The Bertz CT molecular complexity index is 4500. The van der Waals surface area contributed by atoms with Gasteiger partial charge in [-0.15, -0.1) is 22.7 Å². The summed E-state index contributed by atoms with van der Waals surface area (Å²) in [7, 11) is 0. The number of benzene rings is 10. The van der Waals surface area contributed by atoms with Crippen LogP contribution in [0.1, 0.15) is 77.0 Å². The first-order chi connectivity index (χ1) is 38.3. The van der Waals surface area contributed by atoms with Crippen molar-refractivity contribution < 1.29 is 0 Å². The maximum absolute atomic E-state index is 2.78. The van der Waals surface area contributed by atoms with Gasteiger partial charge < -0.3 is 14.4 Å². The van der Waals surface area contributed by atoms with Gasteiger partial charge in [0.25, 0.3) is 6.71 Å². The van der Waals surface area contributed by atoms with Crippen molar-refractivity contribution in [2.75, 3.05) is 9.80 Å². The lowest BCUT2D eigenvalue weighted by Gasteiger charge is -2.46. The van der Waals surface area contributed by atoms with Crippen LogP contribution in [0.15, 0.2) is 200 Å². The van der Waals surface area contributed by atoms with Gasteiger partial charge in [-0.05, 0) is 142 Å². The van der Waals surface area contributed by atoms with Crippen LogP contribution in [0.5, 0.6) is 0 Å². The second kappa shape index (κ2) is 18.4. The van der Waals surface area contributed by atoms with Crippen LogP contribution in [0, 0.1) is 0 Å². The number of aryl methyl sites for hydroxylation is 2. The van der Waals surface area contributed by atoms with Gasteiger partial charge in [0.1, 0.15) is 0 Å². The van der Waals surface area contributed by atoms with Crippen LogP contribution in [0.25, 0.3) is 79.0 Å². The van der Waals surface area contributed by atoms with Crippen LogP contribution < -0.4 is 26.2 Å². The summed E-state index contributed by atoms with van der Waals surface area (Å²) in [6.07, 6.45) is 6.45. The fourth-order valence-electron chi connectivity index (χ4n) is 13.4. The molecule has 0 atom stereocenters. The van der Waals surface area contributed by atoms with Crippen molar-refractivity contribution in [3.63, 3.8) is 0 Å². The number of nitrogens with zero attached hydrogens (tertiary/aromatic N) is 3. The molecule has 78 heavy (non-hydrogen) atoms. The molecule has 6 heteroatoms. The average molecular weight is 1040 g/mol. The molecule has 3 aromatic heterocycles. The predicted octanol–water partition coefficient (Wildman–Crippen LogP) is 19.3. The van der Waals surface area contributed by atoms with Crippen LogP contribution in [0.4, 0.5) is 34.1 Å². The van der Waals surface area contributed by atoms with E-state index in [4.69, 9.17) is 0 Å². The van der Waals surface area contributed by atoms with Crippen LogP contribution in [0.3, 0.4) is 0 Å². The Labute approximate surface area is 465 Å². The highest BCUT2D eigenvalue weighted by atomic mass is 32.1. The molecule has 0 fully saturated rings. The molecule has 2 aliphatic rings. The number of rotatable bonds is 10. The number of fused-ring (bicyclic) bond motifs is 13. The smallest absolute Gasteiger partial charge is 0.252 e. The summed E-state index contributed by atoms with van der Waals surface area (Å²) in [6, 6.07) is 77.1. The third kappa shape index (κ3) is 7.22. The van der Waals surface area contributed by atoms with Crippen molar-refractivity contribution in [2.45, 2.75) is 78.6 Å². The van der Waals surface area contributed by atoms with E-state index in [1.165, 1.54) is 140 Å². The number of hydrogen-bond acceptors (Lipinski definition) is 4. The third-order valence-corrected chi connectivity index (χ3v) is 19.4. The second-order valence-electron chi connectivity index (χ2n) is 22.8. The minimum absolute atomic E-state index is 0.0765.